The minimum atomic E-state index is -0.147. The van der Waals surface area contributed by atoms with Crippen molar-refractivity contribution in [1.82, 2.24) is 5.32 Å². The van der Waals surface area contributed by atoms with Crippen LogP contribution in [-0.4, -0.2) is 5.75 Å². The molecule has 1 aliphatic heterocycles. The Morgan fingerprint density at radius 1 is 1.24 bits per heavy atom. The van der Waals surface area contributed by atoms with Gasteiger partial charge in [0.15, 0.2) is 0 Å². The van der Waals surface area contributed by atoms with E-state index in [1.54, 1.807) is 12.1 Å². The molecule has 2 atom stereocenters. The molecule has 0 bridgehead atoms. The summed E-state index contributed by atoms with van der Waals surface area (Å²) in [6, 6.07) is 14.2. The zero-order valence-corrected chi connectivity index (χ0v) is 13.2. The number of hydrogen-bond donors (Lipinski definition) is 1. The Balaban J connectivity index is 1.81. The zero-order valence-electron chi connectivity index (χ0n) is 12.4. The number of benzene rings is 2. The van der Waals surface area contributed by atoms with Crippen LogP contribution in [0.1, 0.15) is 42.1 Å². The Morgan fingerprint density at radius 3 is 2.90 bits per heavy atom. The molecule has 0 saturated heterocycles. The summed E-state index contributed by atoms with van der Waals surface area (Å²) in [5.41, 5.74) is 3.66. The molecule has 3 rings (SSSR count). The Morgan fingerprint density at radius 2 is 2.10 bits per heavy atom. The van der Waals surface area contributed by atoms with Gasteiger partial charge in [-0.1, -0.05) is 29.8 Å². The van der Waals surface area contributed by atoms with Gasteiger partial charge in [-0.3, -0.25) is 0 Å². The van der Waals surface area contributed by atoms with E-state index in [1.807, 2.05) is 17.8 Å². The molecule has 3 heteroatoms. The van der Waals surface area contributed by atoms with Gasteiger partial charge in [-0.25, -0.2) is 4.39 Å². The summed E-state index contributed by atoms with van der Waals surface area (Å²) in [5, 5.41) is 3.67. The van der Waals surface area contributed by atoms with Crippen molar-refractivity contribution in [1.29, 1.82) is 0 Å². The van der Waals surface area contributed by atoms with Crippen LogP contribution in [0.4, 0.5) is 4.39 Å². The Labute approximate surface area is 130 Å². The predicted molar refractivity (Wildman–Crippen MR) is 87.2 cm³/mol. The normalized spacial score (nSPS) is 19.1. The first-order chi connectivity index (χ1) is 10.1. The van der Waals surface area contributed by atoms with Gasteiger partial charge in [0.2, 0.25) is 0 Å². The van der Waals surface area contributed by atoms with Gasteiger partial charge < -0.3 is 5.32 Å². The van der Waals surface area contributed by atoms with Crippen molar-refractivity contribution in [2.24, 2.45) is 0 Å². The maximum atomic E-state index is 13.5. The number of rotatable bonds is 3. The molecule has 0 amide bonds. The van der Waals surface area contributed by atoms with Gasteiger partial charge in [0.25, 0.3) is 0 Å². The average molecular weight is 301 g/mol. The molecular formula is C18H20FNS. The highest BCUT2D eigenvalue weighted by atomic mass is 32.2. The molecule has 1 nitrogen and oxygen atoms in total. The molecule has 110 valence electrons. The molecule has 0 spiro atoms. The van der Waals surface area contributed by atoms with E-state index in [0.29, 0.717) is 0 Å². The molecule has 1 N–H and O–H groups in total. The maximum absolute atomic E-state index is 13.5. The van der Waals surface area contributed by atoms with E-state index in [-0.39, 0.29) is 17.9 Å². The highest BCUT2D eigenvalue weighted by Gasteiger charge is 2.22. The van der Waals surface area contributed by atoms with Crippen molar-refractivity contribution in [3.8, 4) is 0 Å². The quantitative estimate of drug-likeness (QED) is 0.854. The fourth-order valence-corrected chi connectivity index (χ4v) is 3.98. The zero-order chi connectivity index (χ0) is 14.8. The van der Waals surface area contributed by atoms with Crippen LogP contribution in [0, 0.1) is 12.7 Å². The number of thioether (sulfide) groups is 1. The monoisotopic (exact) mass is 301 g/mol. The van der Waals surface area contributed by atoms with Crippen LogP contribution in [-0.2, 0) is 0 Å². The number of fused-ring (bicyclic) bond motifs is 1. The van der Waals surface area contributed by atoms with Crippen LogP contribution in [0.5, 0.6) is 0 Å². The third kappa shape index (κ3) is 3.30. The van der Waals surface area contributed by atoms with Gasteiger partial charge in [-0.2, -0.15) is 0 Å². The van der Waals surface area contributed by atoms with Crippen LogP contribution in [0.2, 0.25) is 0 Å². The highest BCUT2D eigenvalue weighted by Crippen LogP contribution is 2.37. The second-order valence-corrected chi connectivity index (χ2v) is 6.81. The van der Waals surface area contributed by atoms with E-state index >= 15 is 0 Å². The van der Waals surface area contributed by atoms with Gasteiger partial charge in [0.05, 0.1) is 0 Å². The van der Waals surface area contributed by atoms with Crippen molar-refractivity contribution in [2.75, 3.05) is 5.75 Å². The Bertz CT molecular complexity index is 641. The fourth-order valence-electron chi connectivity index (χ4n) is 2.88. The average Bonchev–Trinajstić information content (AvgIpc) is 2.48. The lowest BCUT2D eigenvalue weighted by atomic mass is 10.00. The molecule has 0 aliphatic carbocycles. The summed E-state index contributed by atoms with van der Waals surface area (Å²) in [5.74, 6) is 0.933. The lowest BCUT2D eigenvalue weighted by Gasteiger charge is -2.29. The van der Waals surface area contributed by atoms with Crippen LogP contribution in [0.3, 0.4) is 0 Å². The maximum Gasteiger partial charge on any atom is 0.123 e. The Hall–Kier alpha value is -1.32. The molecule has 0 fully saturated rings. The van der Waals surface area contributed by atoms with E-state index in [4.69, 9.17) is 0 Å². The first-order valence-electron chi connectivity index (χ1n) is 7.38. The van der Waals surface area contributed by atoms with Crippen LogP contribution >= 0.6 is 11.8 Å². The third-order valence-electron chi connectivity index (χ3n) is 4.00. The number of hydrogen-bond acceptors (Lipinski definition) is 2. The molecular weight excluding hydrogens is 281 g/mol. The highest BCUT2D eigenvalue weighted by molar-refractivity contribution is 7.99. The second-order valence-electron chi connectivity index (χ2n) is 5.67. The van der Waals surface area contributed by atoms with Gasteiger partial charge in [-0.15, -0.1) is 11.8 Å². The van der Waals surface area contributed by atoms with E-state index in [9.17, 15) is 4.39 Å². The Kier molecular flexibility index (Phi) is 4.32. The van der Waals surface area contributed by atoms with Crippen LogP contribution in [0.25, 0.3) is 0 Å². The number of halogens is 1. The molecule has 0 saturated carbocycles. The molecule has 0 radical (unpaired) electrons. The summed E-state index contributed by atoms with van der Waals surface area (Å²) < 4.78 is 13.5. The minimum Gasteiger partial charge on any atom is -0.303 e. The molecule has 1 heterocycles. The van der Waals surface area contributed by atoms with Crippen LogP contribution < -0.4 is 5.32 Å². The van der Waals surface area contributed by atoms with E-state index < -0.39 is 0 Å². The number of aryl methyl sites for hydroxylation is 1. The fraction of sp³-hybridized carbons (Fsp3) is 0.333. The number of nitrogens with one attached hydrogen (secondary N) is 1. The predicted octanol–water partition coefficient (Wildman–Crippen LogP) is 5.02. The lowest BCUT2D eigenvalue weighted by Crippen LogP contribution is -2.27. The van der Waals surface area contributed by atoms with Gasteiger partial charge in [0.1, 0.15) is 5.82 Å². The van der Waals surface area contributed by atoms with E-state index in [1.165, 1.54) is 16.0 Å². The minimum absolute atomic E-state index is 0.147. The SMILES string of the molecule is Cc1cccc(C(C)NC2CCSc3ccc(F)cc32)c1. The summed E-state index contributed by atoms with van der Waals surface area (Å²) in [6.07, 6.45) is 1.04. The first kappa shape index (κ1) is 14.6. The first-order valence-corrected chi connectivity index (χ1v) is 8.37. The van der Waals surface area contributed by atoms with Gasteiger partial charge in [0, 0.05) is 17.0 Å². The van der Waals surface area contributed by atoms with Crippen molar-refractivity contribution in [2.45, 2.75) is 37.2 Å². The van der Waals surface area contributed by atoms with Crippen molar-refractivity contribution >= 4 is 11.8 Å². The molecule has 0 aromatic heterocycles. The van der Waals surface area contributed by atoms with Crippen molar-refractivity contribution in [3.63, 3.8) is 0 Å². The summed E-state index contributed by atoms with van der Waals surface area (Å²) in [7, 11) is 0. The van der Waals surface area contributed by atoms with Crippen molar-refractivity contribution < 1.29 is 4.39 Å². The summed E-state index contributed by atoms with van der Waals surface area (Å²) >= 11 is 1.82. The second kappa shape index (κ2) is 6.20. The van der Waals surface area contributed by atoms with Gasteiger partial charge in [-0.05, 0) is 55.3 Å². The molecule has 2 unspecified atom stereocenters. The molecule has 2 aromatic carbocycles. The largest absolute Gasteiger partial charge is 0.303 e. The van der Waals surface area contributed by atoms with E-state index in [0.717, 1.165) is 17.7 Å². The molecule has 21 heavy (non-hydrogen) atoms. The summed E-state index contributed by atoms with van der Waals surface area (Å²) in [6.45, 7) is 4.29. The summed E-state index contributed by atoms with van der Waals surface area (Å²) in [4.78, 5) is 1.21. The van der Waals surface area contributed by atoms with Crippen molar-refractivity contribution in [3.05, 3.63) is 65.0 Å². The third-order valence-corrected chi connectivity index (χ3v) is 5.13. The van der Waals surface area contributed by atoms with E-state index in [2.05, 4.69) is 43.4 Å². The lowest BCUT2D eigenvalue weighted by molar-refractivity contribution is 0.447. The standard InChI is InChI=1S/C18H20FNS/c1-12-4-3-5-14(10-12)13(2)20-17-8-9-21-18-7-6-15(19)11-16(17)18/h3-7,10-11,13,17,20H,8-9H2,1-2H3. The smallest absolute Gasteiger partial charge is 0.123 e. The molecule has 1 aliphatic rings. The van der Waals surface area contributed by atoms with Crippen LogP contribution in [0.15, 0.2) is 47.4 Å². The van der Waals surface area contributed by atoms with Gasteiger partial charge >= 0.3 is 0 Å². The molecule has 2 aromatic rings. The topological polar surface area (TPSA) is 12.0 Å².